The fourth-order valence-corrected chi connectivity index (χ4v) is 3.32. The van der Waals surface area contributed by atoms with Crippen molar-refractivity contribution in [3.8, 4) is 0 Å². The molecule has 1 saturated heterocycles. The minimum Gasteiger partial charge on any atom is -0.401 e. The van der Waals surface area contributed by atoms with Gasteiger partial charge in [-0.05, 0) is 35.2 Å². The Morgan fingerprint density at radius 2 is 1.92 bits per heavy atom. The molecular formula is C18H16N2O3S. The Morgan fingerprint density at radius 3 is 2.62 bits per heavy atom. The van der Waals surface area contributed by atoms with Gasteiger partial charge in [0.1, 0.15) is 0 Å². The van der Waals surface area contributed by atoms with Crippen LogP contribution in [0.2, 0.25) is 0 Å². The van der Waals surface area contributed by atoms with Crippen molar-refractivity contribution < 1.29 is 14.3 Å². The molecule has 1 aromatic carbocycles. The van der Waals surface area contributed by atoms with E-state index >= 15 is 0 Å². The van der Waals surface area contributed by atoms with Gasteiger partial charge in [0, 0.05) is 18.8 Å². The van der Waals surface area contributed by atoms with Crippen molar-refractivity contribution in [3.05, 3.63) is 57.9 Å². The number of nitrogens with zero attached hydrogens (tertiary/aromatic N) is 2. The SMILES string of the molecule is O=C1OC(c2cccs2)=NC1=Cc1ccc(N2CCOCC2)cc1. The van der Waals surface area contributed by atoms with Gasteiger partial charge in [-0.15, -0.1) is 11.3 Å². The van der Waals surface area contributed by atoms with E-state index in [0.29, 0.717) is 11.6 Å². The lowest BCUT2D eigenvalue weighted by Crippen LogP contribution is -2.36. The molecule has 0 bridgehead atoms. The molecule has 0 unspecified atom stereocenters. The molecule has 2 aliphatic heterocycles. The van der Waals surface area contributed by atoms with Crippen molar-refractivity contribution >= 4 is 35.0 Å². The average Bonchev–Trinajstić information content (AvgIpc) is 3.27. The van der Waals surface area contributed by atoms with E-state index in [1.165, 1.54) is 11.3 Å². The largest absolute Gasteiger partial charge is 0.401 e. The molecule has 5 nitrogen and oxygen atoms in total. The molecule has 0 amide bonds. The third-order valence-electron chi connectivity index (χ3n) is 3.93. The Hall–Kier alpha value is -2.44. The zero-order valence-corrected chi connectivity index (χ0v) is 13.8. The third kappa shape index (κ3) is 3.11. The predicted molar refractivity (Wildman–Crippen MR) is 94.4 cm³/mol. The van der Waals surface area contributed by atoms with Gasteiger partial charge >= 0.3 is 5.97 Å². The van der Waals surface area contributed by atoms with Crippen LogP contribution in [0.4, 0.5) is 5.69 Å². The molecule has 2 aromatic rings. The fraction of sp³-hybridized carbons (Fsp3) is 0.222. The molecule has 0 aliphatic carbocycles. The normalized spacial score (nSPS) is 19.5. The maximum Gasteiger partial charge on any atom is 0.363 e. The van der Waals surface area contributed by atoms with E-state index in [1.807, 2.05) is 29.6 Å². The molecular weight excluding hydrogens is 324 g/mol. The number of carbonyl (C=O) groups is 1. The Bertz CT molecular complexity index is 788. The molecule has 0 radical (unpaired) electrons. The van der Waals surface area contributed by atoms with Crippen molar-refractivity contribution in [2.24, 2.45) is 4.99 Å². The number of hydrogen-bond donors (Lipinski definition) is 0. The van der Waals surface area contributed by atoms with Crippen LogP contribution in [0, 0.1) is 0 Å². The molecule has 1 aromatic heterocycles. The van der Waals surface area contributed by atoms with E-state index in [0.717, 1.165) is 42.4 Å². The first-order chi connectivity index (χ1) is 11.8. The zero-order valence-electron chi connectivity index (χ0n) is 13.0. The maximum atomic E-state index is 12.0. The first-order valence-corrected chi connectivity index (χ1v) is 8.67. The number of thiophene rings is 1. The van der Waals surface area contributed by atoms with Gasteiger partial charge in [0.25, 0.3) is 0 Å². The van der Waals surface area contributed by atoms with Crippen LogP contribution >= 0.6 is 11.3 Å². The summed E-state index contributed by atoms with van der Waals surface area (Å²) in [5.41, 5.74) is 2.42. The number of benzene rings is 1. The molecule has 4 rings (SSSR count). The van der Waals surface area contributed by atoms with E-state index in [9.17, 15) is 4.79 Å². The average molecular weight is 340 g/mol. The minimum absolute atomic E-state index is 0.331. The van der Waals surface area contributed by atoms with Crippen molar-refractivity contribution in [1.82, 2.24) is 0 Å². The van der Waals surface area contributed by atoms with Gasteiger partial charge in [0.2, 0.25) is 5.90 Å². The highest BCUT2D eigenvalue weighted by Gasteiger charge is 2.24. The molecule has 122 valence electrons. The summed E-state index contributed by atoms with van der Waals surface area (Å²) in [4.78, 5) is 19.4. The lowest BCUT2D eigenvalue weighted by molar-refractivity contribution is -0.129. The minimum atomic E-state index is -0.407. The summed E-state index contributed by atoms with van der Waals surface area (Å²) in [6.07, 6.45) is 1.76. The highest BCUT2D eigenvalue weighted by atomic mass is 32.1. The van der Waals surface area contributed by atoms with Crippen molar-refractivity contribution in [3.63, 3.8) is 0 Å². The van der Waals surface area contributed by atoms with Crippen LogP contribution in [0.5, 0.6) is 0 Å². The molecule has 2 aliphatic rings. The van der Waals surface area contributed by atoms with E-state index in [-0.39, 0.29) is 0 Å². The molecule has 3 heterocycles. The van der Waals surface area contributed by atoms with Gasteiger partial charge in [-0.25, -0.2) is 9.79 Å². The van der Waals surface area contributed by atoms with Crippen LogP contribution in [0.15, 0.2) is 52.5 Å². The van der Waals surface area contributed by atoms with Crippen LogP contribution in [0.1, 0.15) is 10.4 Å². The van der Waals surface area contributed by atoms with Gasteiger partial charge in [-0.2, -0.15) is 0 Å². The quantitative estimate of drug-likeness (QED) is 0.637. The summed E-state index contributed by atoms with van der Waals surface area (Å²) in [7, 11) is 0. The summed E-state index contributed by atoms with van der Waals surface area (Å²) >= 11 is 1.50. The molecule has 0 saturated carbocycles. The number of rotatable bonds is 3. The lowest BCUT2D eigenvalue weighted by atomic mass is 10.1. The Balaban J connectivity index is 1.53. The number of carbonyl (C=O) groups excluding carboxylic acids is 1. The van der Waals surface area contributed by atoms with E-state index in [1.54, 1.807) is 6.08 Å². The second-order valence-electron chi connectivity index (χ2n) is 5.50. The number of anilines is 1. The smallest absolute Gasteiger partial charge is 0.363 e. The molecule has 1 fully saturated rings. The van der Waals surface area contributed by atoms with Crippen LogP contribution in [-0.4, -0.2) is 38.2 Å². The third-order valence-corrected chi connectivity index (χ3v) is 4.78. The van der Waals surface area contributed by atoms with Crippen molar-refractivity contribution in [2.45, 2.75) is 0 Å². The second kappa shape index (κ2) is 6.59. The maximum absolute atomic E-state index is 12.0. The highest BCUT2D eigenvalue weighted by Crippen LogP contribution is 2.23. The number of aliphatic imine (C=N–C) groups is 1. The molecule has 6 heteroatoms. The van der Waals surface area contributed by atoms with Gasteiger partial charge in [-0.1, -0.05) is 18.2 Å². The molecule has 24 heavy (non-hydrogen) atoms. The number of cyclic esters (lactones) is 1. The van der Waals surface area contributed by atoms with Crippen LogP contribution < -0.4 is 4.90 Å². The van der Waals surface area contributed by atoms with Crippen LogP contribution in [-0.2, 0) is 14.3 Å². The Kier molecular flexibility index (Phi) is 4.15. The first kappa shape index (κ1) is 15.1. The van der Waals surface area contributed by atoms with Crippen molar-refractivity contribution in [2.75, 3.05) is 31.2 Å². The summed E-state index contributed by atoms with van der Waals surface area (Å²) in [6, 6.07) is 11.9. The van der Waals surface area contributed by atoms with Crippen LogP contribution in [0.3, 0.4) is 0 Å². The van der Waals surface area contributed by atoms with Gasteiger partial charge in [0.15, 0.2) is 5.70 Å². The van der Waals surface area contributed by atoms with Crippen LogP contribution in [0.25, 0.3) is 6.08 Å². The topological polar surface area (TPSA) is 51.1 Å². The van der Waals surface area contributed by atoms with Gasteiger partial charge < -0.3 is 14.4 Å². The zero-order chi connectivity index (χ0) is 16.4. The summed E-state index contributed by atoms with van der Waals surface area (Å²) in [5, 5.41) is 1.93. The van der Waals surface area contributed by atoms with E-state index < -0.39 is 5.97 Å². The van der Waals surface area contributed by atoms with Gasteiger partial charge in [-0.3, -0.25) is 0 Å². The fourth-order valence-electron chi connectivity index (χ4n) is 2.68. The lowest BCUT2D eigenvalue weighted by Gasteiger charge is -2.28. The summed E-state index contributed by atoms with van der Waals surface area (Å²) in [5.74, 6) is -0.0261. The van der Waals surface area contributed by atoms with E-state index in [2.05, 4.69) is 22.0 Å². The standard InChI is InChI=1S/C18H16N2O3S/c21-18-15(19-17(23-18)16-2-1-11-24-16)12-13-3-5-14(6-4-13)20-7-9-22-10-8-20/h1-6,11-12H,7-10H2. The molecule has 0 spiro atoms. The predicted octanol–water partition coefficient (Wildman–Crippen LogP) is 2.93. The number of morpholine rings is 1. The molecule has 0 atom stereocenters. The number of esters is 1. The highest BCUT2D eigenvalue weighted by molar-refractivity contribution is 7.12. The summed E-state index contributed by atoms with van der Waals surface area (Å²) in [6.45, 7) is 3.33. The monoisotopic (exact) mass is 340 g/mol. The first-order valence-electron chi connectivity index (χ1n) is 7.79. The molecule has 0 N–H and O–H groups in total. The number of hydrogen-bond acceptors (Lipinski definition) is 6. The van der Waals surface area contributed by atoms with Crippen molar-refractivity contribution in [1.29, 1.82) is 0 Å². The van der Waals surface area contributed by atoms with Gasteiger partial charge in [0.05, 0.1) is 18.1 Å². The summed E-state index contributed by atoms with van der Waals surface area (Å²) < 4.78 is 10.6. The second-order valence-corrected chi connectivity index (χ2v) is 6.45. The Labute approximate surface area is 143 Å². The van der Waals surface area contributed by atoms with E-state index in [4.69, 9.17) is 9.47 Å². The number of ether oxygens (including phenoxy) is 2. The Morgan fingerprint density at radius 1 is 1.12 bits per heavy atom.